The fourth-order valence-corrected chi connectivity index (χ4v) is 1.90. The molecule has 0 amide bonds. The molecule has 92 valence electrons. The second kappa shape index (κ2) is 5.62. The molecule has 0 saturated heterocycles. The van der Waals surface area contributed by atoms with Gasteiger partial charge in [-0.3, -0.25) is 14.9 Å². The molecule has 0 spiro atoms. The summed E-state index contributed by atoms with van der Waals surface area (Å²) in [6, 6.07) is 2.86. The Morgan fingerprint density at radius 3 is 2.65 bits per heavy atom. The zero-order valence-electron chi connectivity index (χ0n) is 8.97. The van der Waals surface area contributed by atoms with Gasteiger partial charge in [0, 0.05) is 10.9 Å². The number of aliphatic carboxylic acids is 1. The van der Waals surface area contributed by atoms with Crippen molar-refractivity contribution in [2.45, 2.75) is 11.8 Å². The largest absolute Gasteiger partial charge is 0.490 e. The molecule has 0 aliphatic heterocycles. The number of nitrogens with zero attached hydrogens (tertiary/aromatic N) is 1. The summed E-state index contributed by atoms with van der Waals surface area (Å²) in [6.07, 6.45) is -0.200. The molecule has 6 nitrogen and oxygen atoms in total. The minimum Gasteiger partial charge on any atom is -0.490 e. The van der Waals surface area contributed by atoms with Crippen molar-refractivity contribution < 1.29 is 19.6 Å². The van der Waals surface area contributed by atoms with Gasteiger partial charge in [0.2, 0.25) is 0 Å². The van der Waals surface area contributed by atoms with Gasteiger partial charge in [0.05, 0.1) is 18.5 Å². The number of benzene rings is 1. The van der Waals surface area contributed by atoms with E-state index in [1.165, 1.54) is 19.2 Å². The Balaban J connectivity index is 3.33. The topological polar surface area (TPSA) is 89.7 Å². The molecule has 0 aromatic heterocycles. The summed E-state index contributed by atoms with van der Waals surface area (Å²) in [5.41, 5.74) is 0.721. The number of nitro benzene ring substituents is 1. The van der Waals surface area contributed by atoms with Crippen molar-refractivity contribution in [2.75, 3.05) is 7.11 Å². The smallest absolute Gasteiger partial charge is 0.314 e. The quantitative estimate of drug-likeness (QED) is 0.511. The van der Waals surface area contributed by atoms with Crippen molar-refractivity contribution in [3.8, 4) is 5.75 Å². The highest BCUT2D eigenvalue weighted by atomic mass is 79.9. The van der Waals surface area contributed by atoms with Crippen LogP contribution in [0.2, 0.25) is 0 Å². The van der Waals surface area contributed by atoms with Crippen LogP contribution in [0.5, 0.6) is 5.75 Å². The Kier molecular flexibility index (Phi) is 4.45. The molecule has 1 aromatic rings. The average Bonchev–Trinajstić information content (AvgIpc) is 2.26. The Bertz CT molecular complexity index is 435. The van der Waals surface area contributed by atoms with Crippen LogP contribution in [0.3, 0.4) is 0 Å². The lowest BCUT2D eigenvalue weighted by molar-refractivity contribution is -0.386. The Hall–Kier alpha value is -1.63. The summed E-state index contributed by atoms with van der Waals surface area (Å²) in [4.78, 5) is 20.9. The van der Waals surface area contributed by atoms with E-state index < -0.39 is 10.9 Å². The molecule has 0 aliphatic carbocycles. The third kappa shape index (κ3) is 3.16. The van der Waals surface area contributed by atoms with Crippen molar-refractivity contribution in [1.29, 1.82) is 0 Å². The van der Waals surface area contributed by atoms with Crippen LogP contribution < -0.4 is 4.74 Å². The summed E-state index contributed by atoms with van der Waals surface area (Å²) < 4.78 is 4.92. The molecule has 0 atom stereocenters. The van der Waals surface area contributed by atoms with Gasteiger partial charge in [0.15, 0.2) is 5.75 Å². The lowest BCUT2D eigenvalue weighted by atomic mass is 10.1. The van der Waals surface area contributed by atoms with Gasteiger partial charge in [-0.1, -0.05) is 15.9 Å². The minimum absolute atomic E-state index is 0.0724. The second-order valence-corrected chi connectivity index (χ2v) is 3.83. The highest BCUT2D eigenvalue weighted by Gasteiger charge is 2.21. The van der Waals surface area contributed by atoms with E-state index in [9.17, 15) is 14.9 Å². The van der Waals surface area contributed by atoms with Crippen molar-refractivity contribution in [3.05, 3.63) is 33.4 Å². The van der Waals surface area contributed by atoms with Crippen LogP contribution in [0.25, 0.3) is 0 Å². The van der Waals surface area contributed by atoms with Crippen LogP contribution in [0.4, 0.5) is 5.69 Å². The highest BCUT2D eigenvalue weighted by molar-refractivity contribution is 9.08. The van der Waals surface area contributed by atoms with E-state index in [1.807, 2.05) is 0 Å². The molecular weight excluding hydrogens is 294 g/mol. The van der Waals surface area contributed by atoms with Gasteiger partial charge in [-0.05, 0) is 17.7 Å². The molecule has 7 heteroatoms. The van der Waals surface area contributed by atoms with Crippen LogP contribution in [-0.2, 0) is 16.5 Å². The van der Waals surface area contributed by atoms with E-state index in [0.717, 1.165) is 0 Å². The standard InChI is InChI=1S/C10H10BrNO5/c1-17-8-3-6(4-9(13)14)2-7(5-11)10(8)12(15)16/h2-3H,4-5H2,1H3,(H,13,14). The number of hydrogen-bond donors (Lipinski definition) is 1. The first-order valence-electron chi connectivity index (χ1n) is 4.61. The number of hydrogen-bond acceptors (Lipinski definition) is 4. The Morgan fingerprint density at radius 1 is 1.59 bits per heavy atom. The number of ether oxygens (including phenoxy) is 1. The Morgan fingerprint density at radius 2 is 2.24 bits per heavy atom. The number of methoxy groups -OCH3 is 1. The van der Waals surface area contributed by atoms with Crippen LogP contribution >= 0.6 is 15.9 Å². The number of rotatable bonds is 5. The van der Waals surface area contributed by atoms with E-state index in [2.05, 4.69) is 15.9 Å². The molecule has 0 bridgehead atoms. The maximum absolute atomic E-state index is 10.9. The van der Waals surface area contributed by atoms with Gasteiger partial charge in [0.1, 0.15) is 0 Å². The van der Waals surface area contributed by atoms with Gasteiger partial charge in [-0.15, -0.1) is 0 Å². The first kappa shape index (κ1) is 13.4. The van der Waals surface area contributed by atoms with E-state index in [4.69, 9.17) is 9.84 Å². The molecule has 0 aliphatic rings. The lowest BCUT2D eigenvalue weighted by Gasteiger charge is -2.08. The molecule has 0 radical (unpaired) electrons. The van der Waals surface area contributed by atoms with E-state index in [1.54, 1.807) is 0 Å². The summed E-state index contributed by atoms with van der Waals surface area (Å²) in [7, 11) is 1.31. The summed E-state index contributed by atoms with van der Waals surface area (Å²) in [6.45, 7) is 0. The molecule has 0 heterocycles. The molecular formula is C10H10BrNO5. The first-order valence-corrected chi connectivity index (χ1v) is 5.73. The van der Waals surface area contributed by atoms with Gasteiger partial charge in [-0.2, -0.15) is 0 Å². The molecule has 0 unspecified atom stereocenters. The predicted octanol–water partition coefficient (Wildman–Crippen LogP) is 2.13. The second-order valence-electron chi connectivity index (χ2n) is 3.27. The third-order valence-electron chi connectivity index (χ3n) is 2.12. The average molecular weight is 304 g/mol. The van der Waals surface area contributed by atoms with Gasteiger partial charge < -0.3 is 9.84 Å². The lowest BCUT2D eigenvalue weighted by Crippen LogP contribution is -2.04. The molecule has 1 rings (SSSR count). The summed E-state index contributed by atoms with van der Waals surface area (Å²) >= 11 is 3.13. The van der Waals surface area contributed by atoms with Crippen LogP contribution in [0.1, 0.15) is 11.1 Å². The van der Waals surface area contributed by atoms with Crippen molar-refractivity contribution in [1.82, 2.24) is 0 Å². The maximum atomic E-state index is 10.9. The third-order valence-corrected chi connectivity index (χ3v) is 2.72. The minimum atomic E-state index is -0.999. The number of nitro groups is 1. The first-order chi connectivity index (χ1) is 7.99. The summed E-state index contributed by atoms with van der Waals surface area (Å²) in [5, 5.41) is 19.8. The van der Waals surface area contributed by atoms with Gasteiger partial charge in [-0.25, -0.2) is 0 Å². The van der Waals surface area contributed by atoms with E-state index in [-0.39, 0.29) is 23.2 Å². The SMILES string of the molecule is COc1cc(CC(=O)O)cc(CBr)c1[N+](=O)[O-]. The van der Waals surface area contributed by atoms with Crippen LogP contribution in [0.15, 0.2) is 12.1 Å². The number of carbonyl (C=O) groups is 1. The fourth-order valence-electron chi connectivity index (χ4n) is 1.47. The molecule has 0 fully saturated rings. The van der Waals surface area contributed by atoms with Crippen molar-refractivity contribution in [3.63, 3.8) is 0 Å². The number of halogens is 1. The molecule has 1 aromatic carbocycles. The molecule has 0 saturated carbocycles. The zero-order valence-corrected chi connectivity index (χ0v) is 10.6. The Labute approximate surface area is 105 Å². The van der Waals surface area contributed by atoms with Crippen LogP contribution in [0, 0.1) is 10.1 Å². The maximum Gasteiger partial charge on any atom is 0.314 e. The predicted molar refractivity (Wildman–Crippen MR) is 63.6 cm³/mol. The number of carboxylic acid groups (broad SMARTS) is 1. The number of carboxylic acids is 1. The van der Waals surface area contributed by atoms with Crippen LogP contribution in [-0.4, -0.2) is 23.1 Å². The van der Waals surface area contributed by atoms with Gasteiger partial charge >= 0.3 is 11.7 Å². The molecule has 1 N–H and O–H groups in total. The number of alkyl halides is 1. The highest BCUT2D eigenvalue weighted by Crippen LogP contribution is 2.33. The van der Waals surface area contributed by atoms with E-state index >= 15 is 0 Å². The monoisotopic (exact) mass is 303 g/mol. The van der Waals surface area contributed by atoms with E-state index in [0.29, 0.717) is 11.1 Å². The fraction of sp³-hybridized carbons (Fsp3) is 0.300. The van der Waals surface area contributed by atoms with Gasteiger partial charge in [0.25, 0.3) is 0 Å². The normalized spacial score (nSPS) is 10.0. The summed E-state index contributed by atoms with van der Waals surface area (Å²) in [5.74, 6) is -0.926. The zero-order chi connectivity index (χ0) is 13.0. The molecule has 17 heavy (non-hydrogen) atoms. The van der Waals surface area contributed by atoms with Crippen molar-refractivity contribution in [2.24, 2.45) is 0 Å². The van der Waals surface area contributed by atoms with Crippen molar-refractivity contribution >= 4 is 27.6 Å².